The largest absolute Gasteiger partial charge is 0.370 e. The maximum Gasteiger partial charge on any atom is 0.188 e. The summed E-state index contributed by atoms with van der Waals surface area (Å²) in [5.41, 5.74) is 0.710. The third kappa shape index (κ3) is 6.88. The highest BCUT2D eigenvalue weighted by Crippen LogP contribution is 2.12. The molecule has 0 N–H and O–H groups in total. The molecule has 0 spiro atoms. The fourth-order valence-corrected chi connectivity index (χ4v) is 2.14. The number of rotatable bonds is 9. The Balaban J connectivity index is 2.24. The molecule has 0 bridgehead atoms. The number of unbranched alkanes of at least 4 members (excludes halogenated alkanes) is 3. The number of ketones is 1. The van der Waals surface area contributed by atoms with Crippen molar-refractivity contribution in [2.45, 2.75) is 52.1 Å². The van der Waals surface area contributed by atoms with Crippen molar-refractivity contribution < 1.29 is 9.53 Å². The maximum absolute atomic E-state index is 11.9. The Kier molecular flexibility index (Phi) is 7.99. The first kappa shape index (κ1) is 16.4. The van der Waals surface area contributed by atoms with Crippen LogP contribution in [0.25, 0.3) is 0 Å². The minimum Gasteiger partial charge on any atom is -0.370 e. The van der Waals surface area contributed by atoms with Gasteiger partial charge >= 0.3 is 0 Å². The number of carbonyl (C=O) groups is 1. The van der Waals surface area contributed by atoms with Crippen LogP contribution in [0.5, 0.6) is 0 Å². The van der Waals surface area contributed by atoms with Crippen molar-refractivity contribution in [3.05, 3.63) is 34.3 Å². The van der Waals surface area contributed by atoms with Gasteiger partial charge < -0.3 is 4.74 Å². The van der Waals surface area contributed by atoms with Gasteiger partial charge in [-0.1, -0.05) is 60.7 Å². The van der Waals surface area contributed by atoms with Crippen LogP contribution in [-0.4, -0.2) is 18.5 Å². The molecule has 0 aromatic heterocycles. The minimum absolute atomic E-state index is 0.0490. The molecule has 2 nitrogen and oxygen atoms in total. The van der Waals surface area contributed by atoms with Gasteiger partial charge in [0.25, 0.3) is 0 Å². The van der Waals surface area contributed by atoms with Crippen molar-refractivity contribution in [2.24, 2.45) is 0 Å². The number of benzene rings is 1. The molecule has 0 heterocycles. The molecule has 0 aliphatic heterocycles. The molecular weight excluding hydrogens is 304 g/mol. The summed E-state index contributed by atoms with van der Waals surface area (Å²) in [6.45, 7) is 4.42. The van der Waals surface area contributed by atoms with Gasteiger partial charge in [-0.3, -0.25) is 4.79 Å². The van der Waals surface area contributed by atoms with Crippen LogP contribution in [0.3, 0.4) is 0 Å². The molecule has 1 unspecified atom stereocenters. The fourth-order valence-electron chi connectivity index (χ4n) is 1.88. The number of hydrogen-bond acceptors (Lipinski definition) is 2. The van der Waals surface area contributed by atoms with Crippen molar-refractivity contribution in [3.63, 3.8) is 0 Å². The maximum atomic E-state index is 11.9. The molecule has 0 aliphatic rings. The van der Waals surface area contributed by atoms with E-state index in [4.69, 9.17) is 4.74 Å². The van der Waals surface area contributed by atoms with Crippen molar-refractivity contribution in [3.8, 4) is 0 Å². The average molecular weight is 327 g/mol. The molecule has 1 rings (SSSR count). The van der Waals surface area contributed by atoms with E-state index in [-0.39, 0.29) is 18.5 Å². The lowest BCUT2D eigenvalue weighted by Gasteiger charge is -2.12. The Morgan fingerprint density at radius 1 is 1.21 bits per heavy atom. The van der Waals surface area contributed by atoms with Crippen molar-refractivity contribution in [1.29, 1.82) is 0 Å². The molecule has 1 aromatic carbocycles. The summed E-state index contributed by atoms with van der Waals surface area (Å²) in [7, 11) is 0. The Bertz CT molecular complexity index is 373. The molecule has 19 heavy (non-hydrogen) atoms. The lowest BCUT2D eigenvalue weighted by Crippen LogP contribution is -2.16. The SMILES string of the molecule is CCCCCCC(C)OCC(=O)c1ccc(Br)cc1. The van der Waals surface area contributed by atoms with E-state index in [2.05, 4.69) is 22.9 Å². The number of hydrogen-bond donors (Lipinski definition) is 0. The molecule has 0 aliphatic carbocycles. The zero-order chi connectivity index (χ0) is 14.1. The van der Waals surface area contributed by atoms with E-state index < -0.39 is 0 Å². The van der Waals surface area contributed by atoms with E-state index in [9.17, 15) is 4.79 Å². The standard InChI is InChI=1S/C16H23BrO2/c1-3-4-5-6-7-13(2)19-12-16(18)14-8-10-15(17)11-9-14/h8-11,13H,3-7,12H2,1-2H3. The van der Waals surface area contributed by atoms with E-state index >= 15 is 0 Å². The van der Waals surface area contributed by atoms with Crippen LogP contribution in [0, 0.1) is 0 Å². The minimum atomic E-state index is 0.0490. The molecule has 1 atom stereocenters. The van der Waals surface area contributed by atoms with Gasteiger partial charge in [-0.25, -0.2) is 0 Å². The molecule has 106 valence electrons. The number of carbonyl (C=O) groups excluding carboxylic acids is 1. The van der Waals surface area contributed by atoms with Crippen LogP contribution >= 0.6 is 15.9 Å². The zero-order valence-corrected chi connectivity index (χ0v) is 13.4. The van der Waals surface area contributed by atoms with E-state index in [1.54, 1.807) is 0 Å². The van der Waals surface area contributed by atoms with Gasteiger partial charge in [-0.15, -0.1) is 0 Å². The third-order valence-corrected chi connectivity index (χ3v) is 3.66. The highest BCUT2D eigenvalue weighted by molar-refractivity contribution is 9.10. The Labute approximate surface area is 124 Å². The number of halogens is 1. The highest BCUT2D eigenvalue weighted by Gasteiger charge is 2.09. The second kappa shape index (κ2) is 9.27. The summed E-state index contributed by atoms with van der Waals surface area (Å²) in [6, 6.07) is 7.40. The predicted molar refractivity (Wildman–Crippen MR) is 82.6 cm³/mol. The van der Waals surface area contributed by atoms with E-state index in [1.807, 2.05) is 31.2 Å². The smallest absolute Gasteiger partial charge is 0.188 e. The first-order chi connectivity index (χ1) is 9.13. The van der Waals surface area contributed by atoms with Gasteiger partial charge in [-0.05, 0) is 25.5 Å². The van der Waals surface area contributed by atoms with Gasteiger partial charge in [0.15, 0.2) is 5.78 Å². The highest BCUT2D eigenvalue weighted by atomic mass is 79.9. The van der Waals surface area contributed by atoms with Crippen LogP contribution in [0.2, 0.25) is 0 Å². The molecule has 0 amide bonds. The topological polar surface area (TPSA) is 26.3 Å². The fraction of sp³-hybridized carbons (Fsp3) is 0.562. The van der Waals surface area contributed by atoms with E-state index in [1.165, 1.54) is 25.7 Å². The van der Waals surface area contributed by atoms with Gasteiger partial charge in [-0.2, -0.15) is 0 Å². The number of Topliss-reactive ketones (excluding diaryl/α,β-unsaturated/α-hetero) is 1. The molecule has 0 saturated carbocycles. The summed E-state index contributed by atoms with van der Waals surface area (Å²) in [5, 5.41) is 0. The second-order valence-electron chi connectivity index (χ2n) is 4.90. The summed E-state index contributed by atoms with van der Waals surface area (Å²) in [4.78, 5) is 11.9. The second-order valence-corrected chi connectivity index (χ2v) is 5.82. The number of ether oxygens (including phenoxy) is 1. The van der Waals surface area contributed by atoms with Gasteiger partial charge in [0.1, 0.15) is 6.61 Å². The first-order valence-electron chi connectivity index (χ1n) is 7.04. The lowest BCUT2D eigenvalue weighted by molar-refractivity contribution is 0.0483. The van der Waals surface area contributed by atoms with Crippen molar-refractivity contribution in [2.75, 3.05) is 6.61 Å². The van der Waals surface area contributed by atoms with Crippen molar-refractivity contribution >= 4 is 21.7 Å². The third-order valence-electron chi connectivity index (χ3n) is 3.13. The van der Waals surface area contributed by atoms with Crippen LogP contribution in [0.1, 0.15) is 56.3 Å². The van der Waals surface area contributed by atoms with Crippen LogP contribution in [0.15, 0.2) is 28.7 Å². The normalized spacial score (nSPS) is 12.4. The average Bonchev–Trinajstić information content (AvgIpc) is 2.42. The van der Waals surface area contributed by atoms with Gasteiger partial charge in [0, 0.05) is 10.0 Å². The van der Waals surface area contributed by atoms with Gasteiger partial charge in [0.2, 0.25) is 0 Å². The Morgan fingerprint density at radius 2 is 1.89 bits per heavy atom. The summed E-state index contributed by atoms with van der Waals surface area (Å²) in [5.74, 6) is 0.0490. The summed E-state index contributed by atoms with van der Waals surface area (Å²) >= 11 is 3.36. The monoisotopic (exact) mass is 326 g/mol. The first-order valence-corrected chi connectivity index (χ1v) is 7.83. The van der Waals surface area contributed by atoms with Crippen molar-refractivity contribution in [1.82, 2.24) is 0 Å². The van der Waals surface area contributed by atoms with E-state index in [0.29, 0.717) is 5.56 Å². The molecule has 1 aromatic rings. The van der Waals surface area contributed by atoms with Gasteiger partial charge in [0.05, 0.1) is 6.10 Å². The molecule has 3 heteroatoms. The zero-order valence-electron chi connectivity index (χ0n) is 11.8. The van der Waals surface area contributed by atoms with Crippen LogP contribution < -0.4 is 0 Å². The van der Waals surface area contributed by atoms with E-state index in [0.717, 1.165) is 10.9 Å². The summed E-state index contributed by atoms with van der Waals surface area (Å²) in [6.07, 6.45) is 6.16. The van der Waals surface area contributed by atoms with Crippen LogP contribution in [0.4, 0.5) is 0 Å². The Hall–Kier alpha value is -0.670. The summed E-state index contributed by atoms with van der Waals surface area (Å²) < 4.78 is 6.59. The molecular formula is C16H23BrO2. The lowest BCUT2D eigenvalue weighted by atomic mass is 10.1. The molecule has 0 fully saturated rings. The molecule has 0 saturated heterocycles. The predicted octanol–water partition coefficient (Wildman–Crippen LogP) is 5.01. The quantitative estimate of drug-likeness (QED) is 0.471. The molecule has 0 radical (unpaired) electrons. The Morgan fingerprint density at radius 3 is 2.53 bits per heavy atom. The van der Waals surface area contributed by atoms with Crippen LogP contribution in [-0.2, 0) is 4.74 Å².